The summed E-state index contributed by atoms with van der Waals surface area (Å²) in [6.07, 6.45) is 0. The van der Waals surface area contributed by atoms with Crippen molar-refractivity contribution >= 4 is 0 Å². The Bertz CT molecular complexity index is 200. The molecule has 0 aromatic heterocycles. The molecule has 0 unspecified atom stereocenters. The average Bonchev–Trinajstić information content (AvgIpc) is 1.90. The fourth-order valence-electron chi connectivity index (χ4n) is 0.463. The molecule has 1 aromatic rings. The van der Waals surface area contributed by atoms with E-state index >= 15 is 0 Å². The second-order valence-corrected chi connectivity index (χ2v) is 1.39. The van der Waals surface area contributed by atoms with Gasteiger partial charge in [0.25, 0.3) is 0 Å². The van der Waals surface area contributed by atoms with E-state index in [4.69, 9.17) is 5.26 Å². The summed E-state index contributed by atoms with van der Waals surface area (Å²) >= 11 is 0. The van der Waals surface area contributed by atoms with E-state index < -0.39 is 0 Å². The molecule has 0 aliphatic rings. The quantitative estimate of drug-likeness (QED) is 0.314. The second kappa shape index (κ2) is 5.16. The molecule has 9 heavy (non-hydrogen) atoms. The third-order valence-corrected chi connectivity index (χ3v) is 0.830. The van der Waals surface area contributed by atoms with Gasteiger partial charge >= 0.3 is 51.4 Å². The molecule has 1 rings (SSSR count). The predicted octanol–water partition coefficient (Wildman–Crippen LogP) is -1.64. The monoisotopic (exact) mass is 141 g/mol. The van der Waals surface area contributed by atoms with Crippen molar-refractivity contribution in [2.45, 2.75) is 0 Å². The van der Waals surface area contributed by atoms with Gasteiger partial charge in [-0.15, -0.1) is 30.3 Å². The Hall–Kier alpha value is 0.346. The van der Waals surface area contributed by atoms with Crippen molar-refractivity contribution in [3.05, 3.63) is 35.9 Å². The summed E-state index contributed by atoms with van der Waals surface area (Å²) in [5, 5.41) is 8.26. The minimum Gasteiger partial charge on any atom is -0.262 e. The minimum absolute atomic E-state index is 0. The van der Waals surface area contributed by atoms with Crippen LogP contribution in [0.15, 0.2) is 24.3 Å². The van der Waals surface area contributed by atoms with Crippen molar-refractivity contribution in [1.29, 1.82) is 5.26 Å². The zero-order valence-corrected chi connectivity index (χ0v) is 8.38. The molecule has 2 heteroatoms. The van der Waals surface area contributed by atoms with E-state index in [1.54, 1.807) is 12.1 Å². The molecule has 0 heterocycles. The topological polar surface area (TPSA) is 23.8 Å². The van der Waals surface area contributed by atoms with Crippen molar-refractivity contribution in [3.63, 3.8) is 0 Å². The van der Waals surface area contributed by atoms with E-state index in [-0.39, 0.29) is 51.4 Å². The number of hydrogen-bond acceptors (Lipinski definition) is 1. The molecule has 0 spiro atoms. The third kappa shape index (κ3) is 3.14. The van der Waals surface area contributed by atoms with Crippen molar-refractivity contribution in [3.8, 4) is 6.07 Å². The number of nitrogens with zero attached hydrogens (tertiary/aromatic N) is 1. The van der Waals surface area contributed by atoms with E-state index in [0.717, 1.165) is 0 Å². The Morgan fingerprint density at radius 1 is 1.44 bits per heavy atom. The largest absolute Gasteiger partial charge is 1.00 e. The summed E-state index contributed by atoms with van der Waals surface area (Å²) in [6, 6.07) is 11.8. The Balaban J connectivity index is 0.000000640. The maximum Gasteiger partial charge on any atom is 1.00 e. The first-order valence-electron chi connectivity index (χ1n) is 2.30. The summed E-state index contributed by atoms with van der Waals surface area (Å²) in [7, 11) is 0. The summed E-state index contributed by atoms with van der Waals surface area (Å²) in [5.41, 5.74) is 0.590. The van der Waals surface area contributed by atoms with Gasteiger partial charge in [0.2, 0.25) is 0 Å². The van der Waals surface area contributed by atoms with Gasteiger partial charge in [-0.1, -0.05) is 5.56 Å². The molecule has 0 amide bonds. The van der Waals surface area contributed by atoms with Crippen molar-refractivity contribution in [2.75, 3.05) is 0 Å². The Labute approximate surface area is 97.1 Å². The Morgan fingerprint density at radius 3 is 2.56 bits per heavy atom. The molecule has 0 saturated carbocycles. The van der Waals surface area contributed by atoms with Crippen LogP contribution in [0.3, 0.4) is 0 Å². The molecule has 0 bridgehead atoms. The number of rotatable bonds is 0. The first-order chi connectivity index (χ1) is 3.93. The summed E-state index contributed by atoms with van der Waals surface area (Å²) < 4.78 is 0. The number of hydrogen-bond donors (Lipinski definition) is 0. The van der Waals surface area contributed by atoms with Gasteiger partial charge in [-0.3, -0.25) is 5.26 Å². The Morgan fingerprint density at radius 2 is 2.22 bits per heavy atom. The molecule has 0 N–H and O–H groups in total. The maximum atomic E-state index is 8.26. The molecule has 1 nitrogen and oxygen atoms in total. The van der Waals surface area contributed by atoms with E-state index in [9.17, 15) is 0 Å². The van der Waals surface area contributed by atoms with Crippen LogP contribution in [0.5, 0.6) is 0 Å². The number of benzene rings is 1. The van der Waals surface area contributed by atoms with Gasteiger partial charge in [-0.25, -0.2) is 0 Å². The van der Waals surface area contributed by atoms with E-state index in [0.29, 0.717) is 5.56 Å². The van der Waals surface area contributed by atoms with Crippen LogP contribution >= 0.6 is 0 Å². The molecular formula is C7H4KN. The van der Waals surface area contributed by atoms with Gasteiger partial charge in [0.05, 0.1) is 0 Å². The molecule has 0 atom stereocenters. The van der Waals surface area contributed by atoms with E-state index in [1.807, 2.05) is 18.2 Å². The van der Waals surface area contributed by atoms with Crippen LogP contribution in [0.1, 0.15) is 5.56 Å². The van der Waals surface area contributed by atoms with Gasteiger partial charge in [-0.05, 0) is 6.07 Å². The molecule has 0 aliphatic heterocycles. The fraction of sp³-hybridized carbons (Fsp3) is 0. The number of nitriles is 1. The van der Waals surface area contributed by atoms with Crippen LogP contribution < -0.4 is 51.4 Å². The molecule has 0 radical (unpaired) electrons. The van der Waals surface area contributed by atoms with Gasteiger partial charge in [0, 0.05) is 0 Å². The summed E-state index contributed by atoms with van der Waals surface area (Å²) in [4.78, 5) is 0. The molecule has 1 aromatic carbocycles. The zero-order valence-electron chi connectivity index (χ0n) is 5.26. The Kier molecular flexibility index (Phi) is 5.35. The van der Waals surface area contributed by atoms with Crippen LogP contribution in [0.25, 0.3) is 0 Å². The van der Waals surface area contributed by atoms with Gasteiger partial charge in [0.1, 0.15) is 0 Å². The maximum absolute atomic E-state index is 8.26. The predicted molar refractivity (Wildman–Crippen MR) is 30.0 cm³/mol. The average molecular weight is 141 g/mol. The standard InChI is InChI=1S/C7H4N.K/c8-6-7-4-2-1-3-5-7;/h1-4H;/q-1;+1. The first kappa shape index (κ1) is 9.35. The van der Waals surface area contributed by atoms with Crippen molar-refractivity contribution < 1.29 is 51.4 Å². The van der Waals surface area contributed by atoms with Crippen molar-refractivity contribution in [2.24, 2.45) is 0 Å². The van der Waals surface area contributed by atoms with Crippen LogP contribution in [-0.4, -0.2) is 0 Å². The fourth-order valence-corrected chi connectivity index (χ4v) is 0.463. The minimum atomic E-state index is 0. The molecule has 0 fully saturated rings. The summed E-state index contributed by atoms with van der Waals surface area (Å²) in [6.45, 7) is 0. The van der Waals surface area contributed by atoms with E-state index in [2.05, 4.69) is 6.07 Å². The third-order valence-electron chi connectivity index (χ3n) is 0.830. The van der Waals surface area contributed by atoms with Crippen molar-refractivity contribution in [1.82, 2.24) is 0 Å². The summed E-state index contributed by atoms with van der Waals surface area (Å²) in [5.74, 6) is 0. The molecule has 0 aliphatic carbocycles. The second-order valence-electron chi connectivity index (χ2n) is 1.39. The SMILES string of the molecule is N#Cc1[c-]cccc1.[K+]. The molecule has 0 saturated heterocycles. The van der Waals surface area contributed by atoms with Gasteiger partial charge in [-0.2, -0.15) is 0 Å². The van der Waals surface area contributed by atoms with Crippen LogP contribution in [-0.2, 0) is 0 Å². The van der Waals surface area contributed by atoms with E-state index in [1.165, 1.54) is 0 Å². The first-order valence-corrected chi connectivity index (χ1v) is 2.30. The molecule has 38 valence electrons. The van der Waals surface area contributed by atoms with Gasteiger partial charge in [0.15, 0.2) is 0 Å². The van der Waals surface area contributed by atoms with Gasteiger partial charge < -0.3 is 0 Å². The molecular weight excluding hydrogens is 137 g/mol. The van der Waals surface area contributed by atoms with Crippen LogP contribution in [0.2, 0.25) is 0 Å². The van der Waals surface area contributed by atoms with Crippen LogP contribution in [0.4, 0.5) is 0 Å². The zero-order chi connectivity index (χ0) is 5.82. The smallest absolute Gasteiger partial charge is 0.262 e. The normalized spacial score (nSPS) is 7.00. The van der Waals surface area contributed by atoms with Crippen LogP contribution in [0, 0.1) is 17.4 Å².